The van der Waals surface area contributed by atoms with E-state index in [1.807, 2.05) is 26.8 Å². The van der Waals surface area contributed by atoms with Crippen LogP contribution < -0.4 is 16.4 Å². The molecule has 2 rings (SSSR count). The van der Waals surface area contributed by atoms with Gasteiger partial charge in [-0.1, -0.05) is 26.3 Å². The van der Waals surface area contributed by atoms with Gasteiger partial charge >= 0.3 is 0 Å². The SMILES string of the molecule is CCC(C)C(N)C(=O)Nc1ccc(C)c(NC(=O)c2ccncc2)c1.Cl. The summed E-state index contributed by atoms with van der Waals surface area (Å²) >= 11 is 0. The van der Waals surface area contributed by atoms with E-state index < -0.39 is 6.04 Å². The lowest BCUT2D eigenvalue weighted by Gasteiger charge is -2.18. The molecule has 2 unspecified atom stereocenters. The summed E-state index contributed by atoms with van der Waals surface area (Å²) < 4.78 is 0. The number of nitrogens with two attached hydrogens (primary N) is 1. The average Bonchev–Trinajstić information content (AvgIpc) is 2.63. The van der Waals surface area contributed by atoms with Crippen LogP contribution in [0.3, 0.4) is 0 Å². The first-order valence-electron chi connectivity index (χ1n) is 8.30. The van der Waals surface area contributed by atoms with Crippen molar-refractivity contribution in [2.75, 3.05) is 10.6 Å². The molecular weight excluding hydrogens is 352 g/mol. The third kappa shape index (κ3) is 5.54. The molecule has 0 spiro atoms. The molecule has 1 heterocycles. The van der Waals surface area contributed by atoms with E-state index in [1.165, 1.54) is 0 Å². The zero-order valence-electron chi connectivity index (χ0n) is 15.2. The number of aryl methyl sites for hydroxylation is 1. The smallest absolute Gasteiger partial charge is 0.255 e. The molecular formula is C19H25ClN4O2. The Morgan fingerprint density at radius 1 is 1.15 bits per heavy atom. The number of halogens is 1. The molecule has 2 amide bonds. The minimum absolute atomic E-state index is 0. The largest absolute Gasteiger partial charge is 0.325 e. The van der Waals surface area contributed by atoms with E-state index in [2.05, 4.69) is 15.6 Å². The number of carbonyl (C=O) groups is 2. The van der Waals surface area contributed by atoms with Gasteiger partial charge in [0.05, 0.1) is 6.04 Å². The minimum atomic E-state index is -0.568. The lowest BCUT2D eigenvalue weighted by atomic mass is 9.99. The van der Waals surface area contributed by atoms with Gasteiger partial charge in [-0.05, 0) is 42.7 Å². The molecule has 0 fully saturated rings. The maximum absolute atomic E-state index is 12.3. The van der Waals surface area contributed by atoms with Crippen LogP contribution in [-0.2, 0) is 4.79 Å². The molecule has 0 saturated heterocycles. The van der Waals surface area contributed by atoms with Crippen molar-refractivity contribution in [3.8, 4) is 0 Å². The molecule has 140 valence electrons. The fourth-order valence-corrected chi connectivity index (χ4v) is 2.27. The first kappa shape index (κ1) is 21.6. The second-order valence-corrected chi connectivity index (χ2v) is 6.12. The highest BCUT2D eigenvalue weighted by Gasteiger charge is 2.19. The van der Waals surface area contributed by atoms with Crippen molar-refractivity contribution in [1.82, 2.24) is 4.98 Å². The van der Waals surface area contributed by atoms with Crippen molar-refractivity contribution in [3.63, 3.8) is 0 Å². The standard InChI is InChI=1S/C19H24N4O2.ClH/c1-4-12(2)17(20)19(25)22-15-6-5-13(3)16(11-15)23-18(24)14-7-9-21-10-8-14;/h5-12,17H,4,20H2,1-3H3,(H,22,25)(H,23,24);1H. The molecule has 0 aliphatic rings. The van der Waals surface area contributed by atoms with E-state index in [4.69, 9.17) is 5.73 Å². The highest BCUT2D eigenvalue weighted by molar-refractivity contribution is 6.05. The van der Waals surface area contributed by atoms with Gasteiger partial charge in [0, 0.05) is 29.3 Å². The fraction of sp³-hybridized carbons (Fsp3) is 0.316. The van der Waals surface area contributed by atoms with Crippen LogP contribution >= 0.6 is 12.4 Å². The Hall–Kier alpha value is -2.44. The summed E-state index contributed by atoms with van der Waals surface area (Å²) in [7, 11) is 0. The molecule has 0 aliphatic heterocycles. The Kier molecular flexibility index (Phi) is 8.22. The molecule has 4 N–H and O–H groups in total. The van der Waals surface area contributed by atoms with Gasteiger partial charge in [0.15, 0.2) is 0 Å². The van der Waals surface area contributed by atoms with E-state index in [0.29, 0.717) is 16.9 Å². The number of benzene rings is 1. The molecule has 0 bridgehead atoms. The molecule has 7 heteroatoms. The van der Waals surface area contributed by atoms with E-state index in [9.17, 15) is 9.59 Å². The summed E-state index contributed by atoms with van der Waals surface area (Å²) in [5.74, 6) is -0.369. The maximum atomic E-state index is 12.3. The number of rotatable bonds is 6. The number of hydrogen-bond donors (Lipinski definition) is 3. The molecule has 6 nitrogen and oxygen atoms in total. The van der Waals surface area contributed by atoms with Crippen LogP contribution in [-0.4, -0.2) is 22.8 Å². The zero-order chi connectivity index (χ0) is 18.4. The summed E-state index contributed by atoms with van der Waals surface area (Å²) in [4.78, 5) is 28.4. The van der Waals surface area contributed by atoms with E-state index in [-0.39, 0.29) is 30.1 Å². The highest BCUT2D eigenvalue weighted by atomic mass is 35.5. The number of hydrogen-bond acceptors (Lipinski definition) is 4. The monoisotopic (exact) mass is 376 g/mol. The van der Waals surface area contributed by atoms with Crippen LogP contribution in [0.5, 0.6) is 0 Å². The Morgan fingerprint density at radius 2 is 1.81 bits per heavy atom. The topological polar surface area (TPSA) is 97.1 Å². The first-order valence-corrected chi connectivity index (χ1v) is 8.30. The van der Waals surface area contributed by atoms with Gasteiger partial charge < -0.3 is 16.4 Å². The van der Waals surface area contributed by atoms with Gasteiger partial charge in [0.1, 0.15) is 0 Å². The van der Waals surface area contributed by atoms with Crippen LogP contribution in [0.1, 0.15) is 36.2 Å². The average molecular weight is 377 g/mol. The van der Waals surface area contributed by atoms with Crippen LogP contribution in [0.4, 0.5) is 11.4 Å². The van der Waals surface area contributed by atoms with E-state index in [1.54, 1.807) is 36.7 Å². The van der Waals surface area contributed by atoms with Crippen molar-refractivity contribution >= 4 is 35.6 Å². The van der Waals surface area contributed by atoms with E-state index in [0.717, 1.165) is 12.0 Å². The number of carbonyl (C=O) groups excluding carboxylic acids is 2. The van der Waals surface area contributed by atoms with Crippen LogP contribution in [0, 0.1) is 12.8 Å². The predicted octanol–water partition coefficient (Wildman–Crippen LogP) is 3.38. The van der Waals surface area contributed by atoms with Gasteiger partial charge in [-0.25, -0.2) is 0 Å². The third-order valence-corrected chi connectivity index (χ3v) is 4.26. The molecule has 1 aromatic heterocycles. The number of pyridine rings is 1. The van der Waals surface area contributed by atoms with Crippen LogP contribution in [0.2, 0.25) is 0 Å². The van der Waals surface area contributed by atoms with Crippen molar-refractivity contribution in [2.24, 2.45) is 11.7 Å². The van der Waals surface area contributed by atoms with Gasteiger partial charge in [-0.3, -0.25) is 14.6 Å². The zero-order valence-corrected chi connectivity index (χ0v) is 16.0. The lowest BCUT2D eigenvalue weighted by Crippen LogP contribution is -2.40. The molecule has 2 atom stereocenters. The lowest BCUT2D eigenvalue weighted by molar-refractivity contribution is -0.118. The quantitative estimate of drug-likeness (QED) is 0.719. The molecule has 26 heavy (non-hydrogen) atoms. The van der Waals surface area contributed by atoms with Gasteiger partial charge in [0.25, 0.3) is 5.91 Å². The van der Waals surface area contributed by atoms with Crippen molar-refractivity contribution in [3.05, 3.63) is 53.9 Å². The third-order valence-electron chi connectivity index (χ3n) is 4.26. The Labute approximate surface area is 160 Å². The first-order chi connectivity index (χ1) is 11.9. The van der Waals surface area contributed by atoms with Crippen molar-refractivity contribution in [2.45, 2.75) is 33.2 Å². The molecule has 2 aromatic rings. The van der Waals surface area contributed by atoms with Crippen molar-refractivity contribution in [1.29, 1.82) is 0 Å². The Balaban J connectivity index is 0.00000338. The second-order valence-electron chi connectivity index (χ2n) is 6.12. The van der Waals surface area contributed by atoms with Gasteiger partial charge in [0.2, 0.25) is 5.91 Å². The summed E-state index contributed by atoms with van der Waals surface area (Å²) in [6.45, 7) is 5.83. The molecule has 0 radical (unpaired) electrons. The maximum Gasteiger partial charge on any atom is 0.255 e. The second kappa shape index (κ2) is 9.89. The summed E-state index contributed by atoms with van der Waals surface area (Å²) in [6.07, 6.45) is 3.96. The number of nitrogens with one attached hydrogen (secondary N) is 2. The van der Waals surface area contributed by atoms with Crippen molar-refractivity contribution < 1.29 is 9.59 Å². The molecule has 0 aliphatic carbocycles. The minimum Gasteiger partial charge on any atom is -0.325 e. The van der Waals surface area contributed by atoms with Gasteiger partial charge in [-0.2, -0.15) is 0 Å². The number of amides is 2. The summed E-state index contributed by atoms with van der Waals surface area (Å²) in [5.41, 5.74) is 8.60. The normalized spacial score (nSPS) is 12.5. The predicted molar refractivity (Wildman–Crippen MR) is 107 cm³/mol. The number of nitrogens with zero attached hydrogens (tertiary/aromatic N) is 1. The van der Waals surface area contributed by atoms with E-state index >= 15 is 0 Å². The summed E-state index contributed by atoms with van der Waals surface area (Å²) in [5, 5.41) is 5.67. The highest BCUT2D eigenvalue weighted by Crippen LogP contribution is 2.21. The molecule has 1 aromatic carbocycles. The number of aromatic nitrogens is 1. The summed E-state index contributed by atoms with van der Waals surface area (Å²) in [6, 6.07) is 8.07. The van der Waals surface area contributed by atoms with Crippen LogP contribution in [0.15, 0.2) is 42.7 Å². The Bertz CT molecular complexity index is 752. The fourth-order valence-electron chi connectivity index (χ4n) is 2.27. The Morgan fingerprint density at radius 3 is 2.42 bits per heavy atom. The molecule has 0 saturated carbocycles. The van der Waals surface area contributed by atoms with Crippen LogP contribution in [0.25, 0.3) is 0 Å². The van der Waals surface area contributed by atoms with Gasteiger partial charge in [-0.15, -0.1) is 12.4 Å². The number of anilines is 2.